The van der Waals surface area contributed by atoms with E-state index in [0.717, 1.165) is 42.9 Å². The van der Waals surface area contributed by atoms with Gasteiger partial charge in [-0.3, -0.25) is 4.79 Å². The second kappa shape index (κ2) is 13.2. The number of nitrogens with zero attached hydrogens (tertiary/aromatic N) is 2. The number of aromatic nitrogens is 1. The van der Waals surface area contributed by atoms with Crippen molar-refractivity contribution in [2.75, 3.05) is 18.6 Å². The molecule has 4 fully saturated rings. The monoisotopic (exact) mass is 724 g/mol. The molecule has 7 rings (SSSR count). The zero-order valence-electron chi connectivity index (χ0n) is 33.6. The van der Waals surface area contributed by atoms with Crippen LogP contribution in [0.5, 0.6) is 0 Å². The lowest BCUT2D eigenvalue weighted by Gasteiger charge is -2.73. The number of hydrogen-bond acceptors (Lipinski definition) is 6. The summed E-state index contributed by atoms with van der Waals surface area (Å²) in [6.07, 6.45) is 14.9. The van der Waals surface area contributed by atoms with Gasteiger partial charge in [-0.1, -0.05) is 78.8 Å². The minimum absolute atomic E-state index is 0.0223. The van der Waals surface area contributed by atoms with Crippen molar-refractivity contribution in [3.8, 4) is 0 Å². The summed E-state index contributed by atoms with van der Waals surface area (Å²) in [5, 5.41) is 3.28. The van der Waals surface area contributed by atoms with Crippen LogP contribution >= 0.6 is 11.3 Å². The smallest absolute Gasteiger partial charge is 0.337 e. The minimum Gasteiger partial charge on any atom is -0.465 e. The van der Waals surface area contributed by atoms with E-state index in [9.17, 15) is 9.59 Å². The van der Waals surface area contributed by atoms with E-state index >= 15 is 0 Å². The van der Waals surface area contributed by atoms with Crippen LogP contribution in [-0.4, -0.2) is 35.9 Å². The molecule has 1 aromatic heterocycles. The Morgan fingerprint density at radius 2 is 1.67 bits per heavy atom. The number of ketones is 1. The van der Waals surface area contributed by atoms with Crippen LogP contribution in [0.25, 0.3) is 5.57 Å². The SMILES string of the molecule is C=C(C)C1CCC2(N(CC(=O)CC)c3nc(CC)cs3)CCC3(C)C(CCC4C5(C)CC=C(c6ccc(C(=O)OC)cc6)C(C)(C)C5CCC43C)C12. The van der Waals surface area contributed by atoms with Gasteiger partial charge in [-0.05, 0) is 146 Å². The van der Waals surface area contributed by atoms with E-state index in [1.54, 1.807) is 11.3 Å². The number of carbonyl (C=O) groups excluding carboxylic acids is 2. The van der Waals surface area contributed by atoms with Crippen molar-refractivity contribution >= 4 is 33.8 Å². The Kier molecular flexibility index (Phi) is 9.57. The maximum atomic E-state index is 13.4. The highest BCUT2D eigenvalue weighted by Gasteiger charge is 2.71. The second-order valence-corrected chi connectivity index (χ2v) is 19.7. The molecule has 5 aliphatic carbocycles. The predicted octanol–water partition coefficient (Wildman–Crippen LogP) is 11.4. The first-order valence-electron chi connectivity index (χ1n) is 20.4. The molecular formula is C46H64N2O3S. The zero-order valence-corrected chi connectivity index (χ0v) is 34.4. The first-order chi connectivity index (χ1) is 24.6. The minimum atomic E-state index is -0.283. The van der Waals surface area contributed by atoms with Gasteiger partial charge in [0.2, 0.25) is 0 Å². The van der Waals surface area contributed by atoms with Crippen LogP contribution in [0.15, 0.2) is 47.9 Å². The molecule has 0 saturated heterocycles. The summed E-state index contributed by atoms with van der Waals surface area (Å²) in [5.74, 6) is 2.83. The van der Waals surface area contributed by atoms with E-state index in [2.05, 4.69) is 83.5 Å². The summed E-state index contributed by atoms with van der Waals surface area (Å²) in [6, 6.07) is 8.10. The van der Waals surface area contributed by atoms with E-state index in [0.29, 0.717) is 53.9 Å². The van der Waals surface area contributed by atoms with Gasteiger partial charge < -0.3 is 9.64 Å². The summed E-state index contributed by atoms with van der Waals surface area (Å²) in [7, 11) is 1.44. The normalized spacial score (nSPS) is 37.5. The second-order valence-electron chi connectivity index (χ2n) is 18.9. The zero-order chi connectivity index (χ0) is 37.4. The summed E-state index contributed by atoms with van der Waals surface area (Å²) in [6.45, 7) is 24.7. The number of methoxy groups -OCH3 is 1. The van der Waals surface area contributed by atoms with E-state index in [1.165, 1.54) is 55.9 Å². The van der Waals surface area contributed by atoms with Crippen LogP contribution in [0.2, 0.25) is 0 Å². The lowest BCUT2D eigenvalue weighted by atomic mass is 9.33. The third kappa shape index (κ3) is 5.37. The highest BCUT2D eigenvalue weighted by atomic mass is 32.1. The number of benzene rings is 1. The Balaban J connectivity index is 1.25. The number of anilines is 1. The molecule has 5 nitrogen and oxygen atoms in total. The molecule has 0 amide bonds. The maximum absolute atomic E-state index is 13.4. The molecule has 9 atom stereocenters. The van der Waals surface area contributed by atoms with Crippen LogP contribution in [-0.2, 0) is 16.0 Å². The largest absolute Gasteiger partial charge is 0.465 e. The quantitative estimate of drug-likeness (QED) is 0.190. The van der Waals surface area contributed by atoms with Gasteiger partial charge >= 0.3 is 5.97 Å². The number of fused-ring (bicyclic) bond motifs is 7. The number of esters is 1. The molecule has 2 aromatic rings. The lowest BCUT2D eigenvalue weighted by Crippen LogP contribution is -2.68. The molecule has 0 N–H and O–H groups in total. The van der Waals surface area contributed by atoms with Crippen LogP contribution in [0.4, 0.5) is 5.13 Å². The van der Waals surface area contributed by atoms with E-state index in [1.807, 2.05) is 19.1 Å². The summed E-state index contributed by atoms with van der Waals surface area (Å²) < 4.78 is 4.98. The van der Waals surface area contributed by atoms with Crippen molar-refractivity contribution in [3.63, 3.8) is 0 Å². The molecule has 9 unspecified atom stereocenters. The summed E-state index contributed by atoms with van der Waals surface area (Å²) >= 11 is 1.75. The number of carbonyl (C=O) groups is 2. The fourth-order valence-electron chi connectivity index (χ4n) is 13.9. The summed E-state index contributed by atoms with van der Waals surface area (Å²) in [4.78, 5) is 33.3. The fraction of sp³-hybridized carbons (Fsp3) is 0.674. The molecule has 0 aliphatic heterocycles. The van der Waals surface area contributed by atoms with Gasteiger partial charge in [0.1, 0.15) is 0 Å². The van der Waals surface area contributed by atoms with Crippen LogP contribution in [0, 0.1) is 51.2 Å². The number of allylic oxidation sites excluding steroid dienone is 3. The molecule has 0 bridgehead atoms. The fourth-order valence-corrected chi connectivity index (χ4v) is 14.9. The molecular weight excluding hydrogens is 661 g/mol. The Hall–Kier alpha value is -2.73. The van der Waals surface area contributed by atoms with Gasteiger partial charge in [0.05, 0.1) is 24.9 Å². The Morgan fingerprint density at radius 1 is 0.942 bits per heavy atom. The van der Waals surface area contributed by atoms with E-state index in [-0.39, 0.29) is 33.2 Å². The van der Waals surface area contributed by atoms with E-state index in [4.69, 9.17) is 9.72 Å². The molecule has 5 aliphatic rings. The number of rotatable bonds is 9. The van der Waals surface area contributed by atoms with Crippen molar-refractivity contribution in [1.29, 1.82) is 0 Å². The van der Waals surface area contributed by atoms with Crippen LogP contribution < -0.4 is 4.90 Å². The Labute approximate surface area is 318 Å². The van der Waals surface area contributed by atoms with Gasteiger partial charge in [0.15, 0.2) is 10.9 Å². The van der Waals surface area contributed by atoms with Gasteiger partial charge in [-0.25, -0.2) is 9.78 Å². The average molecular weight is 725 g/mol. The van der Waals surface area contributed by atoms with Gasteiger partial charge in [0.25, 0.3) is 0 Å². The molecule has 6 heteroatoms. The molecule has 282 valence electrons. The standard InChI is InChI=1S/C46H64N2O3S/c1-11-32-28-52-41(47-32)48(27-33(49)12-2)46-24-19-34(29(3)4)39(46)36-17-18-38-43(7)22-20-35(30-13-15-31(16-14-30)40(50)51-10)42(5,6)37(43)21-23-45(38,9)44(36,8)25-26-46/h13-16,20,28,34,36-39H,3,11-12,17-19,21-27H2,1-2,4-10H3. The number of aryl methyl sites for hydroxylation is 1. The highest BCUT2D eigenvalue weighted by molar-refractivity contribution is 7.13. The maximum Gasteiger partial charge on any atom is 0.337 e. The van der Waals surface area contributed by atoms with Gasteiger partial charge in [0, 0.05) is 17.3 Å². The summed E-state index contributed by atoms with van der Waals surface area (Å²) in [5.41, 5.74) is 6.38. The van der Waals surface area contributed by atoms with Crippen molar-refractivity contribution in [2.45, 2.75) is 132 Å². The Morgan fingerprint density at radius 3 is 2.31 bits per heavy atom. The first kappa shape index (κ1) is 37.6. The molecule has 0 spiro atoms. The molecule has 52 heavy (non-hydrogen) atoms. The number of Topliss-reactive ketones (excluding diaryl/α,β-unsaturated/α-hetero) is 1. The van der Waals surface area contributed by atoms with Gasteiger partial charge in [-0.15, -0.1) is 11.3 Å². The molecule has 4 saturated carbocycles. The average Bonchev–Trinajstić information content (AvgIpc) is 3.76. The van der Waals surface area contributed by atoms with Crippen molar-refractivity contribution in [1.82, 2.24) is 4.98 Å². The van der Waals surface area contributed by atoms with E-state index < -0.39 is 0 Å². The number of hydrogen-bond donors (Lipinski definition) is 0. The molecule has 1 aromatic carbocycles. The van der Waals surface area contributed by atoms with Crippen LogP contribution in [0.3, 0.4) is 0 Å². The van der Waals surface area contributed by atoms with Crippen molar-refractivity contribution < 1.29 is 14.3 Å². The van der Waals surface area contributed by atoms with Gasteiger partial charge in [-0.2, -0.15) is 0 Å². The third-order valence-electron chi connectivity index (χ3n) is 16.6. The topological polar surface area (TPSA) is 59.5 Å². The molecule has 0 radical (unpaired) electrons. The van der Waals surface area contributed by atoms with Crippen molar-refractivity contribution in [3.05, 3.63) is 64.7 Å². The third-order valence-corrected chi connectivity index (χ3v) is 17.5. The number of ether oxygens (including phenoxy) is 1. The lowest BCUT2D eigenvalue weighted by molar-refractivity contribution is -0.217. The van der Waals surface area contributed by atoms with Crippen molar-refractivity contribution in [2.24, 2.45) is 51.2 Å². The Bertz CT molecular complexity index is 1760. The number of thiazole rings is 1. The van der Waals surface area contributed by atoms with Crippen LogP contribution in [0.1, 0.15) is 141 Å². The highest BCUT2D eigenvalue weighted by Crippen LogP contribution is 2.77. The molecule has 1 heterocycles. The first-order valence-corrected chi connectivity index (χ1v) is 21.3. The predicted molar refractivity (Wildman–Crippen MR) is 215 cm³/mol.